The van der Waals surface area contributed by atoms with Gasteiger partial charge >= 0.3 is 0 Å². The van der Waals surface area contributed by atoms with Crippen molar-refractivity contribution in [3.63, 3.8) is 0 Å². The Hall–Kier alpha value is -1.62. The standard InChI is InChI=1S/C12H14N2O2S/c1-16-10-4-2-3-9(7-10)13-11(15)12(17)14-8-5-6-8/h2-4,7-8H,5-6H2,1H3,(H,13,15)(H,14,17). The van der Waals surface area contributed by atoms with Gasteiger partial charge in [-0.2, -0.15) is 0 Å². The molecular formula is C12H14N2O2S. The van der Waals surface area contributed by atoms with E-state index in [2.05, 4.69) is 10.6 Å². The number of methoxy groups -OCH3 is 1. The number of rotatable bonds is 3. The molecule has 0 spiro atoms. The molecular weight excluding hydrogens is 236 g/mol. The van der Waals surface area contributed by atoms with Crippen LogP contribution in [0.3, 0.4) is 0 Å². The molecule has 17 heavy (non-hydrogen) atoms. The number of nitrogens with one attached hydrogen (secondary N) is 2. The molecule has 1 fully saturated rings. The number of hydrogen-bond acceptors (Lipinski definition) is 3. The smallest absolute Gasteiger partial charge is 0.283 e. The van der Waals surface area contributed by atoms with Crippen molar-refractivity contribution in [2.45, 2.75) is 18.9 Å². The number of carbonyl (C=O) groups is 1. The SMILES string of the molecule is COc1cccc(NC(=O)C(=S)NC2CC2)c1. The van der Waals surface area contributed by atoms with Crippen molar-refractivity contribution in [2.75, 3.05) is 12.4 Å². The second-order valence-electron chi connectivity index (χ2n) is 3.93. The Kier molecular flexibility index (Phi) is 3.58. The van der Waals surface area contributed by atoms with E-state index < -0.39 is 0 Å². The summed E-state index contributed by atoms with van der Waals surface area (Å²) in [4.78, 5) is 12.0. The first-order chi connectivity index (χ1) is 8.19. The first-order valence-electron chi connectivity index (χ1n) is 5.45. The fourth-order valence-corrected chi connectivity index (χ4v) is 1.58. The molecule has 0 saturated heterocycles. The highest BCUT2D eigenvalue weighted by Crippen LogP contribution is 2.19. The van der Waals surface area contributed by atoms with Crippen molar-refractivity contribution in [2.24, 2.45) is 0 Å². The Bertz CT molecular complexity index is 444. The van der Waals surface area contributed by atoms with E-state index in [0.717, 1.165) is 12.8 Å². The van der Waals surface area contributed by atoms with E-state index in [4.69, 9.17) is 17.0 Å². The van der Waals surface area contributed by atoms with Gasteiger partial charge in [-0.1, -0.05) is 18.3 Å². The zero-order chi connectivity index (χ0) is 12.3. The molecule has 0 bridgehead atoms. The van der Waals surface area contributed by atoms with Crippen molar-refractivity contribution in [1.82, 2.24) is 5.32 Å². The topological polar surface area (TPSA) is 50.4 Å². The molecule has 1 aliphatic carbocycles. The van der Waals surface area contributed by atoms with Crippen LogP contribution in [0.2, 0.25) is 0 Å². The summed E-state index contributed by atoms with van der Waals surface area (Å²) in [7, 11) is 1.58. The monoisotopic (exact) mass is 250 g/mol. The lowest BCUT2D eigenvalue weighted by Gasteiger charge is -2.08. The molecule has 4 nitrogen and oxygen atoms in total. The van der Waals surface area contributed by atoms with Crippen LogP contribution in [0.15, 0.2) is 24.3 Å². The van der Waals surface area contributed by atoms with Crippen molar-refractivity contribution in [3.05, 3.63) is 24.3 Å². The van der Waals surface area contributed by atoms with Crippen molar-refractivity contribution >= 4 is 28.8 Å². The predicted octanol–water partition coefficient (Wildman–Crippen LogP) is 1.71. The summed E-state index contributed by atoms with van der Waals surface area (Å²) in [5.41, 5.74) is 0.675. The number of carbonyl (C=O) groups excluding carboxylic acids is 1. The van der Waals surface area contributed by atoms with Crippen LogP contribution in [-0.2, 0) is 4.79 Å². The van der Waals surface area contributed by atoms with Crippen LogP contribution in [0.5, 0.6) is 5.75 Å². The minimum absolute atomic E-state index is 0.246. The van der Waals surface area contributed by atoms with E-state index in [0.29, 0.717) is 17.5 Å². The molecule has 1 aromatic rings. The lowest BCUT2D eigenvalue weighted by molar-refractivity contribution is -0.110. The van der Waals surface area contributed by atoms with Gasteiger partial charge in [0.25, 0.3) is 5.91 Å². The highest BCUT2D eigenvalue weighted by atomic mass is 32.1. The van der Waals surface area contributed by atoms with E-state index >= 15 is 0 Å². The van der Waals surface area contributed by atoms with Crippen molar-refractivity contribution < 1.29 is 9.53 Å². The van der Waals surface area contributed by atoms with Crippen molar-refractivity contribution in [3.8, 4) is 5.75 Å². The fourth-order valence-electron chi connectivity index (χ4n) is 1.37. The van der Waals surface area contributed by atoms with Gasteiger partial charge in [-0.15, -0.1) is 0 Å². The highest BCUT2D eigenvalue weighted by molar-refractivity contribution is 7.82. The van der Waals surface area contributed by atoms with Gasteiger partial charge in [0.05, 0.1) is 7.11 Å². The summed E-state index contributed by atoms with van der Waals surface area (Å²) >= 11 is 5.00. The molecule has 0 aliphatic heterocycles. The summed E-state index contributed by atoms with van der Waals surface area (Å²) in [6.07, 6.45) is 2.18. The second kappa shape index (κ2) is 5.14. The van der Waals surface area contributed by atoms with Crippen LogP contribution in [-0.4, -0.2) is 24.0 Å². The van der Waals surface area contributed by atoms with Gasteiger partial charge in [0.15, 0.2) is 4.99 Å². The maximum absolute atomic E-state index is 11.7. The maximum atomic E-state index is 11.7. The minimum atomic E-state index is -0.278. The van der Waals surface area contributed by atoms with Crippen LogP contribution in [0.1, 0.15) is 12.8 Å². The van der Waals surface area contributed by atoms with Gasteiger partial charge in [-0.3, -0.25) is 4.79 Å². The fraction of sp³-hybridized carbons (Fsp3) is 0.333. The molecule has 2 rings (SSSR count). The summed E-state index contributed by atoms with van der Waals surface area (Å²) < 4.78 is 5.07. The molecule has 5 heteroatoms. The van der Waals surface area contributed by atoms with E-state index in [9.17, 15) is 4.79 Å². The zero-order valence-electron chi connectivity index (χ0n) is 9.53. The summed E-state index contributed by atoms with van der Waals surface area (Å²) in [5, 5.41) is 5.72. The first kappa shape index (κ1) is 11.9. The van der Waals surface area contributed by atoms with Crippen LogP contribution in [0, 0.1) is 0 Å². The van der Waals surface area contributed by atoms with Crippen LogP contribution >= 0.6 is 12.2 Å². The molecule has 0 unspecified atom stereocenters. The van der Waals surface area contributed by atoms with Gasteiger partial charge in [0.1, 0.15) is 5.75 Å². The van der Waals surface area contributed by atoms with E-state index in [1.54, 1.807) is 19.2 Å². The molecule has 1 aliphatic rings. The molecule has 1 aromatic carbocycles. The molecule has 1 amide bonds. The number of hydrogen-bond donors (Lipinski definition) is 2. The highest BCUT2D eigenvalue weighted by Gasteiger charge is 2.24. The largest absolute Gasteiger partial charge is 0.497 e. The Morgan fingerprint density at radius 2 is 2.24 bits per heavy atom. The lowest BCUT2D eigenvalue weighted by atomic mass is 10.3. The molecule has 90 valence electrons. The first-order valence-corrected chi connectivity index (χ1v) is 5.86. The Balaban J connectivity index is 1.94. The Morgan fingerprint density at radius 1 is 1.47 bits per heavy atom. The second-order valence-corrected chi connectivity index (χ2v) is 4.34. The normalized spacial score (nSPS) is 13.9. The summed E-state index contributed by atoms with van der Waals surface area (Å²) in [5.74, 6) is 0.420. The molecule has 0 radical (unpaired) electrons. The average molecular weight is 250 g/mol. The Morgan fingerprint density at radius 3 is 2.88 bits per heavy atom. The van der Waals surface area contributed by atoms with Gasteiger partial charge in [-0.05, 0) is 25.0 Å². The quantitative estimate of drug-likeness (QED) is 0.802. The van der Waals surface area contributed by atoms with Gasteiger partial charge < -0.3 is 15.4 Å². The third-order valence-corrected chi connectivity index (χ3v) is 2.75. The molecule has 0 heterocycles. The average Bonchev–Trinajstić information content (AvgIpc) is 3.13. The van der Waals surface area contributed by atoms with Crippen LogP contribution < -0.4 is 15.4 Å². The summed E-state index contributed by atoms with van der Waals surface area (Å²) in [6.45, 7) is 0. The number of anilines is 1. The number of ether oxygens (including phenoxy) is 1. The lowest BCUT2D eigenvalue weighted by Crippen LogP contribution is -2.35. The molecule has 0 aromatic heterocycles. The van der Waals surface area contributed by atoms with E-state index in [1.165, 1.54) is 0 Å². The van der Waals surface area contributed by atoms with E-state index in [-0.39, 0.29) is 10.9 Å². The van der Waals surface area contributed by atoms with Crippen LogP contribution in [0.4, 0.5) is 5.69 Å². The molecule has 1 saturated carbocycles. The van der Waals surface area contributed by atoms with E-state index in [1.807, 2.05) is 12.1 Å². The molecule has 2 N–H and O–H groups in total. The number of benzene rings is 1. The third-order valence-electron chi connectivity index (χ3n) is 2.45. The van der Waals surface area contributed by atoms with Gasteiger partial charge in [0, 0.05) is 17.8 Å². The maximum Gasteiger partial charge on any atom is 0.283 e. The van der Waals surface area contributed by atoms with Gasteiger partial charge in [-0.25, -0.2) is 0 Å². The van der Waals surface area contributed by atoms with Crippen molar-refractivity contribution in [1.29, 1.82) is 0 Å². The predicted molar refractivity (Wildman–Crippen MR) is 70.4 cm³/mol. The summed E-state index contributed by atoms with van der Waals surface area (Å²) in [6, 6.07) is 7.55. The minimum Gasteiger partial charge on any atom is -0.497 e. The third kappa shape index (κ3) is 3.42. The molecule has 0 atom stereocenters. The zero-order valence-corrected chi connectivity index (χ0v) is 10.3. The van der Waals surface area contributed by atoms with Gasteiger partial charge in [0.2, 0.25) is 0 Å². The van der Waals surface area contributed by atoms with Crippen LogP contribution in [0.25, 0.3) is 0 Å². The Labute approximate surface area is 105 Å². The number of amides is 1. The number of thiocarbonyl (C=S) groups is 1.